The normalized spacial score (nSPS) is 10.8. The first-order chi connectivity index (χ1) is 26.9. The Morgan fingerprint density at radius 2 is 1.09 bits per heavy atom. The first kappa shape index (κ1) is 53.5. The highest BCUT2D eigenvalue weighted by atomic mass is 35.7. The molecule has 0 amide bonds. The van der Waals surface area contributed by atoms with Gasteiger partial charge in [-0.25, -0.2) is 16.8 Å². The molecule has 4 rings (SSSR count). The van der Waals surface area contributed by atoms with E-state index in [1.165, 1.54) is 40.6 Å². The molecule has 3 N–H and O–H groups in total. The van der Waals surface area contributed by atoms with Crippen molar-refractivity contribution in [2.45, 2.75) is 66.5 Å². The summed E-state index contributed by atoms with van der Waals surface area (Å²) < 4.78 is 56.7. The third-order valence-electron chi connectivity index (χ3n) is 8.05. The topological polar surface area (TPSA) is 146 Å². The second kappa shape index (κ2) is 29.6. The zero-order chi connectivity index (χ0) is 43.4. The van der Waals surface area contributed by atoms with Crippen molar-refractivity contribution in [2.24, 2.45) is 0 Å². The number of rotatable bonds is 15. The number of methoxy groups -OCH3 is 2. The number of nitrogens with one attached hydrogen (secondary N) is 1. The highest BCUT2D eigenvalue weighted by molar-refractivity contribution is 8.13. The fourth-order valence-electron chi connectivity index (χ4n) is 5.38. The molecule has 0 aliphatic rings. The van der Waals surface area contributed by atoms with Crippen molar-refractivity contribution in [3.63, 3.8) is 0 Å². The summed E-state index contributed by atoms with van der Waals surface area (Å²) in [5, 5.41) is 20.9. The van der Waals surface area contributed by atoms with Crippen LogP contribution in [0.5, 0.6) is 11.5 Å². The Bertz CT molecular complexity index is 1820. The molecule has 0 aliphatic carbocycles. The molecule has 0 spiro atoms. The van der Waals surface area contributed by atoms with E-state index in [1.807, 2.05) is 60.7 Å². The van der Waals surface area contributed by atoms with Crippen molar-refractivity contribution in [2.75, 3.05) is 66.4 Å². The van der Waals surface area contributed by atoms with Crippen LogP contribution >= 0.6 is 10.7 Å². The molecule has 0 aliphatic heterocycles. The summed E-state index contributed by atoms with van der Waals surface area (Å²) in [6.45, 7) is 19.5. The van der Waals surface area contributed by atoms with E-state index in [0.717, 1.165) is 24.1 Å². The summed E-state index contributed by atoms with van der Waals surface area (Å²) in [6.07, 6.45) is 0.925. The lowest BCUT2D eigenvalue weighted by Crippen LogP contribution is -2.34. The second-order valence-electron chi connectivity index (χ2n) is 12.9. The van der Waals surface area contributed by atoms with Crippen LogP contribution in [0.15, 0.2) is 95.9 Å². The van der Waals surface area contributed by atoms with Gasteiger partial charge in [-0.05, 0) is 105 Å². The van der Waals surface area contributed by atoms with Gasteiger partial charge in [-0.1, -0.05) is 87.5 Å². The molecular weight excluding hydrogens is 786 g/mol. The number of sulfonamides is 1. The number of halogens is 1. The Kier molecular flexibility index (Phi) is 27.8. The van der Waals surface area contributed by atoms with E-state index >= 15 is 0 Å². The van der Waals surface area contributed by atoms with E-state index < -0.39 is 19.1 Å². The van der Waals surface area contributed by atoms with Gasteiger partial charge in [-0.3, -0.25) is 0 Å². The minimum atomic E-state index is -3.73. The van der Waals surface area contributed by atoms with Crippen molar-refractivity contribution in [3.8, 4) is 11.5 Å². The van der Waals surface area contributed by atoms with Crippen molar-refractivity contribution in [3.05, 3.63) is 124 Å². The van der Waals surface area contributed by atoms with Crippen LogP contribution in [0.1, 0.15) is 54.2 Å². The molecule has 0 heterocycles. The van der Waals surface area contributed by atoms with Gasteiger partial charge < -0.3 is 29.9 Å². The maximum Gasteiger partial charge on any atom is 0.243 e. The summed E-state index contributed by atoms with van der Waals surface area (Å²) in [6, 6.07) is 29.1. The second-order valence-corrected chi connectivity index (χ2v) is 17.8. The molecule has 0 radical (unpaired) electrons. The third-order valence-corrected chi connectivity index (χ3v) is 10.2. The van der Waals surface area contributed by atoms with Gasteiger partial charge in [0.05, 0.1) is 38.6 Å². The largest absolute Gasteiger partial charge is 0.497 e. The summed E-state index contributed by atoms with van der Waals surface area (Å²) in [4.78, 5) is 2.65. The average Bonchev–Trinajstić information content (AvgIpc) is 3.15. The molecule has 0 fully saturated rings. The fourth-order valence-corrected chi connectivity index (χ4v) is 7.21. The summed E-state index contributed by atoms with van der Waals surface area (Å²) in [5.74, 6) is 1.57. The molecule has 11 nitrogen and oxygen atoms in total. The van der Waals surface area contributed by atoms with Crippen LogP contribution in [-0.2, 0) is 32.2 Å². The SMILES string of the molecule is CCN(CC)CC.COc1cc(C)c(S(=O)(=O)N(CCO)Cc2ccccc2)c(C)c1.COc1cc(C)cc(C)c1.CS(=O)(=O)Cl.OCCNCc1ccccc1. The molecule has 4 aromatic carbocycles. The lowest BCUT2D eigenvalue weighted by atomic mass is 10.1. The van der Waals surface area contributed by atoms with E-state index in [2.05, 4.69) is 73.7 Å². The fraction of sp³-hybridized carbons (Fsp3) is 0.442. The molecule has 320 valence electrons. The Labute approximate surface area is 348 Å². The third kappa shape index (κ3) is 24.1. The molecule has 57 heavy (non-hydrogen) atoms. The van der Waals surface area contributed by atoms with Crippen molar-refractivity contribution in [1.29, 1.82) is 0 Å². The molecule has 0 saturated carbocycles. The number of aliphatic hydroxyl groups excluding tert-OH is 2. The van der Waals surface area contributed by atoms with E-state index in [1.54, 1.807) is 40.2 Å². The van der Waals surface area contributed by atoms with Crippen LogP contribution in [-0.4, -0.2) is 103 Å². The predicted molar refractivity (Wildman–Crippen MR) is 235 cm³/mol. The first-order valence-electron chi connectivity index (χ1n) is 18.8. The van der Waals surface area contributed by atoms with Crippen molar-refractivity contribution < 1.29 is 36.5 Å². The highest BCUT2D eigenvalue weighted by Gasteiger charge is 2.28. The molecular formula is C43H66ClN3O8S2. The Hall–Kier alpha value is -3.53. The smallest absolute Gasteiger partial charge is 0.243 e. The van der Waals surface area contributed by atoms with Gasteiger partial charge in [0.25, 0.3) is 0 Å². The predicted octanol–water partition coefficient (Wildman–Crippen LogP) is 7.11. The van der Waals surface area contributed by atoms with Crippen LogP contribution in [0.3, 0.4) is 0 Å². The van der Waals surface area contributed by atoms with E-state index in [4.69, 9.17) is 14.6 Å². The van der Waals surface area contributed by atoms with Crippen LogP contribution in [0.4, 0.5) is 0 Å². The molecule has 0 bridgehead atoms. The van der Waals surface area contributed by atoms with Gasteiger partial charge in [0, 0.05) is 36.9 Å². The zero-order valence-corrected chi connectivity index (χ0v) is 37.8. The van der Waals surface area contributed by atoms with Gasteiger partial charge in [0.2, 0.25) is 19.1 Å². The Morgan fingerprint density at radius 3 is 1.46 bits per heavy atom. The number of ether oxygens (including phenoxy) is 2. The molecule has 14 heteroatoms. The maximum atomic E-state index is 13.1. The number of aliphatic hydroxyl groups is 2. The van der Waals surface area contributed by atoms with E-state index in [9.17, 15) is 21.9 Å². The minimum Gasteiger partial charge on any atom is -0.497 e. The van der Waals surface area contributed by atoms with Gasteiger partial charge in [0.15, 0.2) is 0 Å². The first-order valence-corrected chi connectivity index (χ1v) is 23.0. The standard InChI is InChI=1S/C18H23NO4S.C9H13NO.C9H12O.C6H15N.CH3ClO2S/c1-14-11-17(23-3)12-15(2)18(14)24(21,22)19(9-10-20)13-16-7-5-4-6-8-16;11-7-6-10-8-9-4-2-1-3-5-9;1-7-4-8(2)6-9(5-7)10-3;1-4-7(5-2)6-3;1-5(2,3)4/h4-8,11-12,20H,9-10,13H2,1-3H3;1-5,10-11H,6-8H2;4-6H,1-3H3;4-6H2,1-3H3;1H3. The molecule has 4 aromatic rings. The summed E-state index contributed by atoms with van der Waals surface area (Å²) in [5.41, 5.74) is 5.87. The van der Waals surface area contributed by atoms with Crippen LogP contribution in [0.2, 0.25) is 0 Å². The van der Waals surface area contributed by atoms with Crippen LogP contribution in [0.25, 0.3) is 0 Å². The van der Waals surface area contributed by atoms with Crippen LogP contribution in [0, 0.1) is 27.7 Å². The summed E-state index contributed by atoms with van der Waals surface area (Å²) in [7, 11) is 0.818. The summed E-state index contributed by atoms with van der Waals surface area (Å²) >= 11 is 0. The van der Waals surface area contributed by atoms with Crippen LogP contribution < -0.4 is 14.8 Å². The van der Waals surface area contributed by atoms with Gasteiger partial charge in [-0.15, -0.1) is 0 Å². The number of benzene rings is 4. The molecule has 0 unspecified atom stereocenters. The monoisotopic (exact) mass is 851 g/mol. The maximum absolute atomic E-state index is 13.1. The molecule has 0 aromatic heterocycles. The van der Waals surface area contributed by atoms with Crippen molar-refractivity contribution >= 4 is 29.8 Å². The molecule has 0 saturated heterocycles. The van der Waals surface area contributed by atoms with Gasteiger partial charge in [0.1, 0.15) is 11.5 Å². The number of nitrogens with zero attached hydrogens (tertiary/aromatic N) is 2. The Balaban J connectivity index is 0.000000788. The quantitative estimate of drug-likeness (QED) is 0.0836. The van der Waals surface area contributed by atoms with Crippen molar-refractivity contribution in [1.82, 2.24) is 14.5 Å². The number of hydrogen-bond acceptors (Lipinski definition) is 10. The number of aryl methyl sites for hydroxylation is 4. The molecule has 0 atom stereocenters. The highest BCUT2D eigenvalue weighted by Crippen LogP contribution is 2.29. The lowest BCUT2D eigenvalue weighted by Gasteiger charge is -2.24. The minimum absolute atomic E-state index is 0.0438. The van der Waals surface area contributed by atoms with E-state index in [-0.39, 0.29) is 31.2 Å². The number of hydrogen-bond donors (Lipinski definition) is 3. The average molecular weight is 853 g/mol. The zero-order valence-electron chi connectivity index (χ0n) is 35.5. The Morgan fingerprint density at radius 1 is 0.667 bits per heavy atom. The lowest BCUT2D eigenvalue weighted by molar-refractivity contribution is 0.251. The van der Waals surface area contributed by atoms with Gasteiger partial charge >= 0.3 is 0 Å². The van der Waals surface area contributed by atoms with E-state index in [0.29, 0.717) is 23.4 Å². The van der Waals surface area contributed by atoms with Gasteiger partial charge in [-0.2, -0.15) is 4.31 Å².